The van der Waals surface area contributed by atoms with Gasteiger partial charge in [-0.15, -0.1) is 0 Å². The van der Waals surface area contributed by atoms with Crippen molar-refractivity contribution in [2.24, 2.45) is 0 Å². The van der Waals surface area contributed by atoms with Crippen LogP contribution in [0.4, 0.5) is 13.2 Å². The summed E-state index contributed by atoms with van der Waals surface area (Å²) in [5.74, 6) is -0.659. The number of benzene rings is 4. The number of nitrogens with zero attached hydrogens (tertiary/aromatic N) is 3. The third-order valence-corrected chi connectivity index (χ3v) is 8.43. The number of alkyl halides is 2. The molecule has 39 heavy (non-hydrogen) atoms. The van der Waals surface area contributed by atoms with Crippen molar-refractivity contribution in [3.8, 4) is 34.5 Å². The van der Waals surface area contributed by atoms with E-state index in [-0.39, 0.29) is 49.3 Å². The van der Waals surface area contributed by atoms with E-state index >= 15 is 0 Å². The first-order valence-corrected chi connectivity index (χ1v) is 13.6. The van der Waals surface area contributed by atoms with Crippen LogP contribution < -0.4 is 0 Å². The zero-order chi connectivity index (χ0) is 27.9. The van der Waals surface area contributed by atoms with E-state index in [9.17, 15) is 32.1 Å². The molecule has 0 amide bonds. The van der Waals surface area contributed by atoms with E-state index in [4.69, 9.17) is 0 Å². The number of hydrogen-bond acceptors (Lipinski definition) is 4. The molecule has 0 bridgehead atoms. The molecule has 5 nitrogen and oxygen atoms in total. The molecule has 0 saturated carbocycles. The summed E-state index contributed by atoms with van der Waals surface area (Å²) in [6.07, 6.45) is -2.78. The van der Waals surface area contributed by atoms with Crippen LogP contribution in [0.15, 0.2) is 94.3 Å². The SMILES string of the molecule is N#Cc1cccc(C#N)c1-c1c(-c2cccc(Br)c2)n(S(=O)(=O)c2ccc(C(F)F)cc2)c2ccc(F)cc12. The summed E-state index contributed by atoms with van der Waals surface area (Å²) >= 11 is 3.40. The molecule has 0 aliphatic heterocycles. The summed E-state index contributed by atoms with van der Waals surface area (Å²) in [6.45, 7) is 0. The highest BCUT2D eigenvalue weighted by Crippen LogP contribution is 2.45. The zero-order valence-corrected chi connectivity index (χ0v) is 22.1. The Morgan fingerprint density at radius 1 is 0.821 bits per heavy atom. The largest absolute Gasteiger partial charge is 0.268 e. The van der Waals surface area contributed by atoms with Crippen molar-refractivity contribution < 1.29 is 21.6 Å². The number of fused-ring (bicyclic) bond motifs is 1. The van der Waals surface area contributed by atoms with Gasteiger partial charge in [0, 0.05) is 32.1 Å². The van der Waals surface area contributed by atoms with Crippen LogP contribution in [0.1, 0.15) is 23.1 Å². The van der Waals surface area contributed by atoms with Crippen LogP contribution in [-0.4, -0.2) is 12.4 Å². The summed E-state index contributed by atoms with van der Waals surface area (Å²) in [5.41, 5.74) is 0.701. The van der Waals surface area contributed by atoms with E-state index in [2.05, 4.69) is 28.1 Å². The van der Waals surface area contributed by atoms with Crippen molar-refractivity contribution >= 4 is 36.9 Å². The van der Waals surface area contributed by atoms with Crippen LogP contribution >= 0.6 is 15.9 Å². The van der Waals surface area contributed by atoms with Crippen molar-refractivity contribution in [2.75, 3.05) is 0 Å². The maximum atomic E-state index is 14.7. The quantitative estimate of drug-likeness (QED) is 0.204. The fraction of sp³-hybridized carbons (Fsp3) is 0.0345. The van der Waals surface area contributed by atoms with E-state index in [1.54, 1.807) is 24.3 Å². The minimum atomic E-state index is -4.47. The molecule has 0 fully saturated rings. The van der Waals surface area contributed by atoms with Crippen molar-refractivity contribution in [3.63, 3.8) is 0 Å². The highest BCUT2D eigenvalue weighted by molar-refractivity contribution is 9.10. The molecule has 192 valence electrons. The molecule has 0 N–H and O–H groups in total. The van der Waals surface area contributed by atoms with Gasteiger partial charge in [-0.05, 0) is 54.6 Å². The fourth-order valence-corrected chi connectivity index (χ4v) is 6.48. The Morgan fingerprint density at radius 3 is 2.05 bits per heavy atom. The van der Waals surface area contributed by atoms with Crippen LogP contribution in [0.5, 0.6) is 0 Å². The van der Waals surface area contributed by atoms with Crippen molar-refractivity contribution in [1.82, 2.24) is 3.97 Å². The summed E-state index contributed by atoms with van der Waals surface area (Å²) in [7, 11) is -4.47. The first-order valence-electron chi connectivity index (χ1n) is 11.3. The van der Waals surface area contributed by atoms with E-state index in [0.717, 1.165) is 40.4 Å². The molecule has 1 aromatic heterocycles. The molecule has 0 unspecified atom stereocenters. The van der Waals surface area contributed by atoms with Gasteiger partial charge in [0.25, 0.3) is 16.4 Å². The van der Waals surface area contributed by atoms with Gasteiger partial charge in [-0.2, -0.15) is 10.5 Å². The van der Waals surface area contributed by atoms with Crippen molar-refractivity contribution in [1.29, 1.82) is 10.5 Å². The van der Waals surface area contributed by atoms with Crippen molar-refractivity contribution in [3.05, 3.63) is 112 Å². The minimum absolute atomic E-state index is 0.0778. The molecule has 4 aromatic carbocycles. The topological polar surface area (TPSA) is 86.7 Å². The second kappa shape index (κ2) is 10.1. The van der Waals surface area contributed by atoms with Gasteiger partial charge in [0.05, 0.1) is 39.4 Å². The third-order valence-electron chi connectivity index (χ3n) is 6.21. The molecule has 0 aliphatic rings. The summed E-state index contributed by atoms with van der Waals surface area (Å²) in [4.78, 5) is -0.273. The second-order valence-corrected chi connectivity index (χ2v) is 11.2. The number of aromatic nitrogens is 1. The number of hydrogen-bond donors (Lipinski definition) is 0. The Bertz CT molecular complexity index is 1920. The van der Waals surface area contributed by atoms with Crippen LogP contribution in [0.2, 0.25) is 0 Å². The van der Waals surface area contributed by atoms with Gasteiger partial charge >= 0.3 is 0 Å². The zero-order valence-electron chi connectivity index (χ0n) is 19.7. The average Bonchev–Trinajstić information content (AvgIpc) is 3.27. The Balaban J connectivity index is 2.00. The van der Waals surface area contributed by atoms with Crippen LogP contribution in [-0.2, 0) is 10.0 Å². The predicted octanol–water partition coefficient (Wildman–Crippen LogP) is 7.79. The molecule has 0 atom stereocenters. The lowest BCUT2D eigenvalue weighted by atomic mass is 9.91. The third kappa shape index (κ3) is 4.48. The molecule has 0 saturated heterocycles. The van der Waals surface area contributed by atoms with E-state index in [1.165, 1.54) is 24.3 Å². The molecule has 1 heterocycles. The lowest BCUT2D eigenvalue weighted by Gasteiger charge is -2.15. The predicted molar refractivity (Wildman–Crippen MR) is 144 cm³/mol. The number of rotatable bonds is 5. The second-order valence-electron chi connectivity index (χ2n) is 8.49. The summed E-state index contributed by atoms with van der Waals surface area (Å²) in [6, 6.07) is 23.1. The first-order chi connectivity index (χ1) is 18.7. The maximum absolute atomic E-state index is 14.7. The van der Waals surface area contributed by atoms with Gasteiger partial charge in [0.1, 0.15) is 5.82 Å². The molecule has 5 aromatic rings. The van der Waals surface area contributed by atoms with Crippen LogP contribution in [0.3, 0.4) is 0 Å². The number of halogens is 4. The van der Waals surface area contributed by atoms with Crippen LogP contribution in [0.25, 0.3) is 33.3 Å². The van der Waals surface area contributed by atoms with Gasteiger partial charge < -0.3 is 0 Å². The summed E-state index contributed by atoms with van der Waals surface area (Å²) < 4.78 is 71.0. The Kier molecular flexibility index (Phi) is 6.77. The first kappa shape index (κ1) is 26.2. The average molecular weight is 606 g/mol. The normalized spacial score (nSPS) is 11.5. The van der Waals surface area contributed by atoms with Gasteiger partial charge in [0.15, 0.2) is 0 Å². The number of nitriles is 2. The van der Waals surface area contributed by atoms with Gasteiger partial charge in [-0.1, -0.05) is 46.3 Å². The monoisotopic (exact) mass is 605 g/mol. The highest BCUT2D eigenvalue weighted by atomic mass is 79.9. The molecular formula is C29H15BrF3N3O2S. The molecule has 5 rings (SSSR count). The smallest absolute Gasteiger partial charge is 0.233 e. The Hall–Kier alpha value is -4.38. The van der Waals surface area contributed by atoms with Crippen LogP contribution in [0, 0.1) is 28.5 Å². The molecular weight excluding hydrogens is 591 g/mol. The van der Waals surface area contributed by atoms with E-state index in [1.807, 2.05) is 0 Å². The molecule has 0 aliphatic carbocycles. The highest BCUT2D eigenvalue weighted by Gasteiger charge is 2.31. The lowest BCUT2D eigenvalue weighted by Crippen LogP contribution is -2.14. The molecule has 0 spiro atoms. The van der Waals surface area contributed by atoms with E-state index < -0.39 is 22.3 Å². The maximum Gasteiger partial charge on any atom is 0.268 e. The molecule has 0 radical (unpaired) electrons. The van der Waals surface area contributed by atoms with Gasteiger partial charge in [0.2, 0.25) is 0 Å². The summed E-state index contributed by atoms with van der Waals surface area (Å²) in [5, 5.41) is 20.0. The Labute approximate surface area is 230 Å². The Morgan fingerprint density at radius 2 is 1.46 bits per heavy atom. The standard InChI is InChI=1S/C29H15BrF3N3O2S/c30-21-6-2-3-18(13-21)28-27(26-19(15-34)4-1-5-20(26)16-35)24-14-22(31)9-12-25(24)36(28)39(37,38)23-10-7-17(8-11-23)29(32)33/h1-14,29H. The van der Waals surface area contributed by atoms with Crippen molar-refractivity contribution in [2.45, 2.75) is 11.3 Å². The van der Waals surface area contributed by atoms with Gasteiger partial charge in [-0.25, -0.2) is 25.6 Å². The lowest BCUT2D eigenvalue weighted by molar-refractivity contribution is 0.151. The van der Waals surface area contributed by atoms with Gasteiger partial charge in [-0.3, -0.25) is 0 Å². The molecule has 10 heteroatoms. The minimum Gasteiger partial charge on any atom is -0.233 e. The fourth-order valence-electron chi connectivity index (χ4n) is 4.53. The van der Waals surface area contributed by atoms with E-state index in [0.29, 0.717) is 10.0 Å².